The number of nitrogens with one attached hydrogen (secondary N) is 2. The first-order valence-electron chi connectivity index (χ1n) is 11.5. The van der Waals surface area contributed by atoms with E-state index in [-0.39, 0.29) is 5.91 Å². The molecule has 0 radical (unpaired) electrons. The van der Waals surface area contributed by atoms with Gasteiger partial charge in [-0.05, 0) is 43.6 Å². The highest BCUT2D eigenvalue weighted by Crippen LogP contribution is 2.34. The van der Waals surface area contributed by atoms with Crippen LogP contribution < -0.4 is 25.0 Å². The number of carbonyl (C=O) groups excluding carboxylic acids is 1. The van der Waals surface area contributed by atoms with Crippen molar-refractivity contribution in [3.05, 3.63) is 61.3 Å². The van der Waals surface area contributed by atoms with Crippen molar-refractivity contribution < 1.29 is 14.3 Å². The van der Waals surface area contributed by atoms with Gasteiger partial charge in [0.25, 0.3) is 0 Å². The van der Waals surface area contributed by atoms with E-state index in [2.05, 4.69) is 50.1 Å². The molecule has 0 unspecified atom stereocenters. The van der Waals surface area contributed by atoms with Gasteiger partial charge in [-0.1, -0.05) is 12.6 Å². The third kappa shape index (κ3) is 6.27. The molecule has 2 aromatic carbocycles. The number of carbonyl (C=O) groups is 1. The van der Waals surface area contributed by atoms with Crippen molar-refractivity contribution >= 4 is 40.7 Å². The number of amides is 1. The molecule has 3 aromatic rings. The van der Waals surface area contributed by atoms with E-state index < -0.39 is 0 Å². The molecule has 0 saturated carbocycles. The lowest BCUT2D eigenvalue weighted by molar-refractivity contribution is -0.111. The minimum Gasteiger partial charge on any atom is -0.494 e. The van der Waals surface area contributed by atoms with E-state index in [1.807, 2.05) is 18.4 Å². The van der Waals surface area contributed by atoms with Crippen LogP contribution in [-0.4, -0.2) is 67.4 Å². The van der Waals surface area contributed by atoms with E-state index in [4.69, 9.17) is 9.47 Å². The fraction of sp³-hybridized carbons (Fsp3) is 0.269. The summed E-state index contributed by atoms with van der Waals surface area (Å²) in [5.74, 6) is 1.73. The third-order valence-corrected chi connectivity index (χ3v) is 6.46. The van der Waals surface area contributed by atoms with Crippen molar-refractivity contribution in [2.24, 2.45) is 0 Å². The molecule has 36 heavy (non-hydrogen) atoms. The number of likely N-dealkylation sites (N-methyl/N-ethyl adjacent to an activating group) is 1. The molecule has 2 heterocycles. The van der Waals surface area contributed by atoms with Gasteiger partial charge in [-0.2, -0.15) is 4.98 Å². The highest BCUT2D eigenvalue weighted by atomic mass is 32.2. The highest BCUT2D eigenvalue weighted by molar-refractivity contribution is 7.98. The molecule has 188 valence electrons. The number of hydrogen-bond donors (Lipinski definition) is 2. The lowest BCUT2D eigenvalue weighted by Gasteiger charge is -2.34. The summed E-state index contributed by atoms with van der Waals surface area (Å²) < 4.78 is 11.7. The molecule has 0 aliphatic carbocycles. The summed E-state index contributed by atoms with van der Waals surface area (Å²) in [5.41, 5.74) is 2.48. The monoisotopic (exact) mass is 506 g/mol. The van der Waals surface area contributed by atoms with Gasteiger partial charge in [0.2, 0.25) is 17.7 Å². The van der Waals surface area contributed by atoms with Crippen LogP contribution in [0.2, 0.25) is 0 Å². The Balaban J connectivity index is 1.53. The lowest BCUT2D eigenvalue weighted by Crippen LogP contribution is -2.44. The van der Waals surface area contributed by atoms with Crippen molar-refractivity contribution in [1.82, 2.24) is 14.9 Å². The van der Waals surface area contributed by atoms with Gasteiger partial charge in [0.15, 0.2) is 0 Å². The van der Waals surface area contributed by atoms with Crippen LogP contribution in [-0.2, 0) is 4.79 Å². The molecule has 0 spiro atoms. The van der Waals surface area contributed by atoms with Crippen molar-refractivity contribution in [2.75, 3.05) is 62.1 Å². The molecule has 1 aliphatic heterocycles. The van der Waals surface area contributed by atoms with Crippen LogP contribution >= 0.6 is 11.8 Å². The Hall–Kier alpha value is -3.76. The number of thioether (sulfide) groups is 1. The van der Waals surface area contributed by atoms with Crippen LogP contribution in [0.25, 0.3) is 0 Å². The molecule has 1 amide bonds. The predicted octanol–water partition coefficient (Wildman–Crippen LogP) is 4.62. The first-order chi connectivity index (χ1) is 17.5. The van der Waals surface area contributed by atoms with Crippen LogP contribution in [0.3, 0.4) is 0 Å². The molecule has 10 heteroatoms. The van der Waals surface area contributed by atoms with Crippen molar-refractivity contribution in [3.8, 4) is 17.4 Å². The van der Waals surface area contributed by atoms with Crippen molar-refractivity contribution in [2.45, 2.75) is 4.90 Å². The predicted molar refractivity (Wildman–Crippen MR) is 145 cm³/mol. The number of piperazine rings is 1. The largest absolute Gasteiger partial charge is 0.494 e. The number of nitrogens with zero attached hydrogens (tertiary/aromatic N) is 4. The third-order valence-electron chi connectivity index (χ3n) is 5.74. The number of ether oxygens (including phenoxy) is 2. The van der Waals surface area contributed by atoms with E-state index in [0.29, 0.717) is 29.0 Å². The maximum absolute atomic E-state index is 11.6. The van der Waals surface area contributed by atoms with Gasteiger partial charge in [-0.25, -0.2) is 4.98 Å². The molecule has 0 bridgehead atoms. The molecule has 4 rings (SSSR count). The molecule has 9 nitrogen and oxygen atoms in total. The van der Waals surface area contributed by atoms with Gasteiger partial charge in [-0.15, -0.1) is 11.8 Å². The van der Waals surface area contributed by atoms with Crippen molar-refractivity contribution in [3.63, 3.8) is 0 Å². The Morgan fingerprint density at radius 1 is 1.17 bits per heavy atom. The summed E-state index contributed by atoms with van der Waals surface area (Å²) >= 11 is 1.48. The Kier molecular flexibility index (Phi) is 8.29. The number of rotatable bonds is 9. The first-order valence-corrected chi connectivity index (χ1v) is 12.7. The molecule has 1 saturated heterocycles. The first kappa shape index (κ1) is 25.3. The summed E-state index contributed by atoms with van der Waals surface area (Å²) in [5, 5.41) is 5.98. The maximum Gasteiger partial charge on any atom is 0.247 e. The highest BCUT2D eigenvalue weighted by Gasteiger charge is 2.17. The van der Waals surface area contributed by atoms with Gasteiger partial charge < -0.3 is 29.9 Å². The standard InChI is InChI=1S/C26H30N6O3S/c1-5-24(33)28-18-7-6-8-20(15-18)35-25-23(36-4)17-27-26(30-25)29-21-10-9-19(16-22(21)34-3)32-13-11-31(2)12-14-32/h5-10,15-17H,1,11-14H2,2-4H3,(H,28,33)(H,27,29,30). The summed E-state index contributed by atoms with van der Waals surface area (Å²) in [7, 11) is 3.79. The Labute approximate surface area is 215 Å². The zero-order chi connectivity index (χ0) is 25.5. The van der Waals surface area contributed by atoms with E-state index in [0.717, 1.165) is 42.4 Å². The van der Waals surface area contributed by atoms with Gasteiger partial charge in [0, 0.05) is 55.9 Å². The van der Waals surface area contributed by atoms with Crippen LogP contribution in [0.1, 0.15) is 0 Å². The lowest BCUT2D eigenvalue weighted by atomic mass is 10.2. The van der Waals surface area contributed by atoms with E-state index in [1.165, 1.54) is 17.8 Å². The summed E-state index contributed by atoms with van der Waals surface area (Å²) in [6, 6.07) is 13.2. The second-order valence-electron chi connectivity index (χ2n) is 8.19. The van der Waals surface area contributed by atoms with Gasteiger partial charge >= 0.3 is 0 Å². The normalized spacial score (nSPS) is 13.7. The minimum atomic E-state index is -0.293. The molecule has 1 aliphatic rings. The van der Waals surface area contributed by atoms with E-state index in [9.17, 15) is 4.79 Å². The van der Waals surface area contributed by atoms with Crippen molar-refractivity contribution in [1.29, 1.82) is 0 Å². The van der Waals surface area contributed by atoms with Gasteiger partial charge in [-0.3, -0.25) is 4.79 Å². The molecular weight excluding hydrogens is 476 g/mol. The second kappa shape index (κ2) is 11.8. The number of aromatic nitrogens is 2. The average molecular weight is 507 g/mol. The number of benzene rings is 2. The molecule has 1 aromatic heterocycles. The van der Waals surface area contributed by atoms with Gasteiger partial charge in [0.1, 0.15) is 11.5 Å². The topological polar surface area (TPSA) is 91.8 Å². The van der Waals surface area contributed by atoms with E-state index in [1.54, 1.807) is 37.6 Å². The quantitative estimate of drug-likeness (QED) is 0.319. The van der Waals surface area contributed by atoms with Crippen LogP contribution in [0.4, 0.5) is 23.0 Å². The molecular formula is C26H30N6O3S. The maximum atomic E-state index is 11.6. The smallest absolute Gasteiger partial charge is 0.247 e. The number of anilines is 4. The molecule has 1 fully saturated rings. The zero-order valence-corrected chi connectivity index (χ0v) is 21.5. The molecule has 0 atom stereocenters. The number of hydrogen-bond acceptors (Lipinski definition) is 9. The van der Waals surface area contributed by atoms with Crippen LogP contribution in [0.15, 0.2) is 66.2 Å². The molecule has 2 N–H and O–H groups in total. The fourth-order valence-electron chi connectivity index (χ4n) is 3.74. The minimum absolute atomic E-state index is 0.293. The van der Waals surface area contributed by atoms with Crippen LogP contribution in [0.5, 0.6) is 17.4 Å². The van der Waals surface area contributed by atoms with Crippen LogP contribution in [0, 0.1) is 0 Å². The average Bonchev–Trinajstić information content (AvgIpc) is 2.90. The summed E-state index contributed by atoms with van der Waals surface area (Å²) in [6.45, 7) is 7.49. The van der Waals surface area contributed by atoms with Gasteiger partial charge in [0.05, 0.1) is 17.7 Å². The number of methoxy groups -OCH3 is 1. The second-order valence-corrected chi connectivity index (χ2v) is 9.04. The SMILES string of the molecule is C=CC(=O)Nc1cccc(Oc2nc(Nc3ccc(N4CCN(C)CC4)cc3OC)ncc2SC)c1. The summed E-state index contributed by atoms with van der Waals surface area (Å²) in [6.07, 6.45) is 4.86. The Morgan fingerprint density at radius 2 is 1.97 bits per heavy atom. The summed E-state index contributed by atoms with van der Waals surface area (Å²) in [4.78, 5) is 26.1. The Morgan fingerprint density at radius 3 is 2.69 bits per heavy atom. The van der Waals surface area contributed by atoms with E-state index >= 15 is 0 Å². The Bertz CT molecular complexity index is 1230. The zero-order valence-electron chi connectivity index (χ0n) is 20.7. The fourth-order valence-corrected chi connectivity index (χ4v) is 4.16.